The topological polar surface area (TPSA) is 247 Å². The number of nitrogens with two attached hydrogens (primary N) is 1. The van der Waals surface area contributed by atoms with Gasteiger partial charge in [-0.15, -0.1) is 0 Å². The summed E-state index contributed by atoms with van der Waals surface area (Å²) in [7, 11) is 1.46. The quantitative estimate of drug-likeness (QED) is 0.125. The molecule has 0 spiro atoms. The summed E-state index contributed by atoms with van der Waals surface area (Å²) in [6, 6.07) is 3.47. The Kier molecular flexibility index (Phi) is 28.3. The number of urea groups is 1. The third-order valence-electron chi connectivity index (χ3n) is 5.51. The predicted octanol–water partition coefficient (Wildman–Crippen LogP) is 1.87. The molecule has 0 aliphatic rings. The maximum absolute atomic E-state index is 12.5. The van der Waals surface area contributed by atoms with E-state index in [1.165, 1.54) is 20.0 Å². The number of rotatable bonds is 15. The highest BCUT2D eigenvalue weighted by atomic mass is 16.5. The molecule has 1 unspecified atom stereocenters. The predicted molar refractivity (Wildman–Crippen MR) is 184 cm³/mol. The first-order valence-electron chi connectivity index (χ1n) is 15.8. The SMILES string of the molecule is CC.CCC(=O)O.CCCNC(N)=O.CNC(=O)c1cc(NC(=O)CNC(=O)C(NC(=O)CNC(C)C)C(C)C)ccc1COC(C)=O. The van der Waals surface area contributed by atoms with Crippen molar-refractivity contribution in [3.05, 3.63) is 29.3 Å². The van der Waals surface area contributed by atoms with Crippen LogP contribution in [0.15, 0.2) is 18.2 Å². The highest BCUT2D eigenvalue weighted by Crippen LogP contribution is 2.17. The van der Waals surface area contributed by atoms with E-state index in [2.05, 4.69) is 31.9 Å². The number of ether oxygens (including phenoxy) is 1. The number of primary amides is 1. The lowest BCUT2D eigenvalue weighted by atomic mass is 10.0. The Labute approximate surface area is 284 Å². The number of amides is 6. The van der Waals surface area contributed by atoms with Gasteiger partial charge in [-0.2, -0.15) is 0 Å². The average molecular weight is 684 g/mol. The molecular weight excluding hydrogens is 626 g/mol. The summed E-state index contributed by atoms with van der Waals surface area (Å²) in [6.45, 7) is 16.6. The number of carbonyl (C=O) groups is 7. The molecule has 6 amide bonds. The van der Waals surface area contributed by atoms with Crippen molar-refractivity contribution in [2.45, 2.75) is 93.8 Å². The van der Waals surface area contributed by atoms with Gasteiger partial charge in [0.1, 0.15) is 12.6 Å². The van der Waals surface area contributed by atoms with E-state index in [1.807, 2.05) is 34.6 Å². The van der Waals surface area contributed by atoms with E-state index in [4.69, 9.17) is 15.6 Å². The zero-order valence-corrected chi connectivity index (χ0v) is 30.0. The molecule has 1 aromatic rings. The number of benzene rings is 1. The normalized spacial score (nSPS) is 10.2. The zero-order valence-electron chi connectivity index (χ0n) is 30.0. The number of carboxylic acids is 1. The van der Waals surface area contributed by atoms with E-state index in [9.17, 15) is 33.6 Å². The number of carbonyl (C=O) groups excluding carboxylic acids is 6. The van der Waals surface area contributed by atoms with Gasteiger partial charge in [0, 0.05) is 49.8 Å². The first kappa shape index (κ1) is 47.7. The summed E-state index contributed by atoms with van der Waals surface area (Å²) in [5.41, 5.74) is 5.77. The lowest BCUT2D eigenvalue weighted by molar-refractivity contribution is -0.142. The Bertz CT molecular complexity index is 1160. The van der Waals surface area contributed by atoms with Gasteiger partial charge in [0.25, 0.3) is 5.91 Å². The largest absolute Gasteiger partial charge is 0.481 e. The Hall–Kier alpha value is -4.73. The van der Waals surface area contributed by atoms with Gasteiger partial charge in [0.15, 0.2) is 0 Å². The van der Waals surface area contributed by atoms with Gasteiger partial charge < -0.3 is 47.5 Å². The lowest BCUT2D eigenvalue weighted by Gasteiger charge is -2.22. The minimum absolute atomic E-state index is 0.0791. The molecule has 48 heavy (non-hydrogen) atoms. The molecule has 0 radical (unpaired) electrons. The molecule has 0 saturated heterocycles. The van der Waals surface area contributed by atoms with Crippen molar-refractivity contribution < 1.29 is 43.4 Å². The van der Waals surface area contributed by atoms with E-state index in [1.54, 1.807) is 32.9 Å². The van der Waals surface area contributed by atoms with E-state index >= 15 is 0 Å². The maximum atomic E-state index is 12.5. The summed E-state index contributed by atoms with van der Waals surface area (Å²) >= 11 is 0. The molecular formula is C32H57N7O9. The van der Waals surface area contributed by atoms with E-state index < -0.39 is 41.7 Å². The Morgan fingerprint density at radius 1 is 0.917 bits per heavy atom. The molecule has 0 fully saturated rings. The number of carboxylic acid groups (broad SMARTS) is 1. The standard InChI is InChI=1S/C23H35N5O6.C4H10N2O.C3H6O2.C2H6/c1-13(2)21(28-20(31)10-25-14(3)4)23(33)26-11-19(30)27-17-8-7-16(12-34-15(5)29)18(9-17)22(32)24-6;1-2-3-6-4(5)7;1-2-3(4)5;1-2/h7-9,13-14,21,25H,10-12H2,1-6H3,(H,24,32)(H,26,33)(H,27,30)(H,28,31);2-3H2,1H3,(H3,5,6,7);2H2,1H3,(H,4,5);1-2H3. The van der Waals surface area contributed by atoms with Gasteiger partial charge in [-0.25, -0.2) is 4.79 Å². The van der Waals surface area contributed by atoms with Crippen molar-refractivity contribution in [3.8, 4) is 0 Å². The van der Waals surface area contributed by atoms with E-state index in [0.29, 0.717) is 17.8 Å². The Morgan fingerprint density at radius 2 is 1.50 bits per heavy atom. The molecule has 9 N–H and O–H groups in total. The zero-order chi connectivity index (χ0) is 37.8. The van der Waals surface area contributed by atoms with Crippen LogP contribution < -0.4 is 37.6 Å². The molecule has 0 saturated carbocycles. The van der Waals surface area contributed by atoms with Gasteiger partial charge >= 0.3 is 18.0 Å². The van der Waals surface area contributed by atoms with Crippen molar-refractivity contribution in [1.82, 2.24) is 26.6 Å². The van der Waals surface area contributed by atoms with Crippen LogP contribution in [0.5, 0.6) is 0 Å². The highest BCUT2D eigenvalue weighted by Gasteiger charge is 2.24. The number of anilines is 1. The van der Waals surface area contributed by atoms with Crippen LogP contribution in [0, 0.1) is 5.92 Å². The average Bonchev–Trinajstić information content (AvgIpc) is 3.04. The molecule has 1 atom stereocenters. The van der Waals surface area contributed by atoms with Crippen LogP contribution in [0.25, 0.3) is 0 Å². The fraction of sp³-hybridized carbons (Fsp3) is 0.594. The second-order valence-corrected chi connectivity index (χ2v) is 10.4. The molecule has 274 valence electrons. The van der Waals surface area contributed by atoms with Crippen molar-refractivity contribution in [2.75, 3.05) is 32.0 Å². The number of aliphatic carboxylic acids is 1. The van der Waals surface area contributed by atoms with Crippen LogP contribution in [0.1, 0.15) is 91.1 Å². The molecule has 0 aliphatic carbocycles. The van der Waals surface area contributed by atoms with E-state index in [-0.39, 0.29) is 49.5 Å². The molecule has 16 heteroatoms. The van der Waals surface area contributed by atoms with Crippen molar-refractivity contribution in [1.29, 1.82) is 0 Å². The minimum Gasteiger partial charge on any atom is -0.481 e. The maximum Gasteiger partial charge on any atom is 0.312 e. The van der Waals surface area contributed by atoms with Gasteiger partial charge in [-0.3, -0.25) is 28.8 Å². The van der Waals surface area contributed by atoms with Crippen LogP contribution in [0.3, 0.4) is 0 Å². The lowest BCUT2D eigenvalue weighted by Crippen LogP contribution is -2.52. The summed E-state index contributed by atoms with van der Waals surface area (Å²) in [4.78, 5) is 79.5. The monoisotopic (exact) mass is 683 g/mol. The fourth-order valence-electron chi connectivity index (χ4n) is 3.09. The van der Waals surface area contributed by atoms with Gasteiger partial charge in [-0.1, -0.05) is 61.5 Å². The smallest absolute Gasteiger partial charge is 0.312 e. The second-order valence-electron chi connectivity index (χ2n) is 10.4. The van der Waals surface area contributed by atoms with Gasteiger partial charge in [0.05, 0.1) is 13.1 Å². The summed E-state index contributed by atoms with van der Waals surface area (Å²) in [6.07, 6.45) is 1.16. The number of esters is 1. The van der Waals surface area contributed by atoms with Gasteiger partial charge in [0.2, 0.25) is 17.7 Å². The van der Waals surface area contributed by atoms with Crippen LogP contribution >= 0.6 is 0 Å². The number of hydrogen-bond acceptors (Lipinski definition) is 9. The molecule has 0 aromatic heterocycles. The third-order valence-corrected chi connectivity index (χ3v) is 5.51. The fourth-order valence-corrected chi connectivity index (χ4v) is 3.09. The highest BCUT2D eigenvalue weighted by molar-refractivity contribution is 5.99. The molecule has 0 heterocycles. The van der Waals surface area contributed by atoms with E-state index in [0.717, 1.165) is 6.42 Å². The number of hydrogen-bond donors (Lipinski definition) is 8. The summed E-state index contributed by atoms with van der Waals surface area (Å²) in [5.74, 6) is -3.14. The molecule has 1 rings (SSSR count). The molecule has 16 nitrogen and oxygen atoms in total. The van der Waals surface area contributed by atoms with Crippen LogP contribution in [0.4, 0.5) is 10.5 Å². The van der Waals surface area contributed by atoms with Crippen LogP contribution in [0.2, 0.25) is 0 Å². The minimum atomic E-state index is -0.797. The number of nitrogens with one attached hydrogen (secondary N) is 6. The summed E-state index contributed by atoms with van der Waals surface area (Å²) in [5, 5.41) is 23.4. The van der Waals surface area contributed by atoms with Crippen molar-refractivity contribution in [2.24, 2.45) is 11.7 Å². The molecule has 0 bridgehead atoms. The third kappa shape index (κ3) is 25.5. The summed E-state index contributed by atoms with van der Waals surface area (Å²) < 4.78 is 4.96. The van der Waals surface area contributed by atoms with Crippen molar-refractivity contribution in [3.63, 3.8) is 0 Å². The second kappa shape index (κ2) is 28.5. The first-order chi connectivity index (χ1) is 22.5. The molecule has 1 aromatic carbocycles. The van der Waals surface area contributed by atoms with Crippen LogP contribution in [-0.2, 0) is 35.3 Å². The Morgan fingerprint density at radius 3 is 1.92 bits per heavy atom. The van der Waals surface area contributed by atoms with Crippen LogP contribution in [-0.4, -0.2) is 85.5 Å². The van der Waals surface area contributed by atoms with Crippen molar-refractivity contribution >= 4 is 47.3 Å². The van der Waals surface area contributed by atoms with Gasteiger partial charge in [-0.05, 0) is 24.5 Å². The molecule has 0 aliphatic heterocycles. The Balaban J connectivity index is -0.00000121. The first-order valence-corrected chi connectivity index (χ1v) is 15.8.